The maximum atomic E-state index is 4.91. The monoisotopic (exact) mass is 437 g/mol. The maximum absolute atomic E-state index is 4.91. The molecule has 5 aromatic rings. The Bertz CT molecular complexity index is 1290. The molecule has 2 aromatic heterocycles. The molecule has 0 aliphatic carbocycles. The van der Waals surface area contributed by atoms with Gasteiger partial charge in [0.2, 0.25) is 0 Å². The Balaban J connectivity index is 1.40. The van der Waals surface area contributed by atoms with Crippen molar-refractivity contribution in [1.29, 1.82) is 0 Å². The molecule has 0 fully saturated rings. The number of hydrogen-bond acceptors (Lipinski definition) is 4. The van der Waals surface area contributed by atoms with E-state index in [1.165, 1.54) is 5.56 Å². The molecule has 0 N–H and O–H groups in total. The quantitative estimate of drug-likeness (QED) is 0.313. The van der Waals surface area contributed by atoms with E-state index in [0.29, 0.717) is 0 Å². The molecule has 0 amide bonds. The van der Waals surface area contributed by atoms with Crippen LogP contribution in [0.25, 0.3) is 16.9 Å². The van der Waals surface area contributed by atoms with Crippen molar-refractivity contribution in [3.8, 4) is 16.9 Å². The van der Waals surface area contributed by atoms with Gasteiger partial charge in [-0.2, -0.15) is 5.10 Å². The molecule has 3 aromatic carbocycles. The van der Waals surface area contributed by atoms with Crippen LogP contribution in [0.2, 0.25) is 0 Å². The SMILES string of the molecule is Cn1c(Cc2ccccc2)nnc1SCc1cn(-c2ccccc2)nc1-c1ccccc1. The molecule has 0 saturated carbocycles. The molecule has 0 saturated heterocycles. The number of rotatable bonds is 7. The van der Waals surface area contributed by atoms with Gasteiger partial charge in [0.05, 0.1) is 11.4 Å². The first-order valence-electron chi connectivity index (χ1n) is 10.5. The van der Waals surface area contributed by atoms with Gasteiger partial charge in [0, 0.05) is 36.5 Å². The molecule has 2 heterocycles. The summed E-state index contributed by atoms with van der Waals surface area (Å²) in [5.74, 6) is 1.72. The van der Waals surface area contributed by atoms with Gasteiger partial charge in [0.25, 0.3) is 0 Å². The Morgan fingerprint density at radius 1 is 0.781 bits per heavy atom. The van der Waals surface area contributed by atoms with Gasteiger partial charge in [0.15, 0.2) is 5.16 Å². The van der Waals surface area contributed by atoms with E-state index < -0.39 is 0 Å². The van der Waals surface area contributed by atoms with Crippen LogP contribution in [-0.4, -0.2) is 24.5 Å². The number of benzene rings is 3. The summed E-state index contributed by atoms with van der Waals surface area (Å²) in [7, 11) is 2.03. The Morgan fingerprint density at radius 2 is 1.44 bits per heavy atom. The Morgan fingerprint density at radius 3 is 2.16 bits per heavy atom. The summed E-state index contributed by atoms with van der Waals surface area (Å²) >= 11 is 1.68. The number of aromatic nitrogens is 5. The summed E-state index contributed by atoms with van der Waals surface area (Å²) < 4.78 is 4.04. The molecule has 158 valence electrons. The van der Waals surface area contributed by atoms with Crippen molar-refractivity contribution in [2.45, 2.75) is 17.3 Å². The van der Waals surface area contributed by atoms with Crippen LogP contribution in [-0.2, 0) is 19.2 Å². The third kappa shape index (κ3) is 4.36. The first-order valence-corrected chi connectivity index (χ1v) is 11.5. The molecule has 0 spiro atoms. The third-order valence-corrected chi connectivity index (χ3v) is 6.41. The first-order chi connectivity index (χ1) is 15.8. The molecule has 0 unspecified atom stereocenters. The molecule has 0 radical (unpaired) electrons. The maximum Gasteiger partial charge on any atom is 0.191 e. The molecule has 5 rings (SSSR count). The molecule has 6 heteroatoms. The normalized spacial score (nSPS) is 11.0. The number of nitrogens with zero attached hydrogens (tertiary/aromatic N) is 5. The first kappa shape index (κ1) is 20.3. The van der Waals surface area contributed by atoms with Crippen LogP contribution in [0, 0.1) is 0 Å². The molecule has 32 heavy (non-hydrogen) atoms. The largest absolute Gasteiger partial charge is 0.309 e. The average molecular weight is 438 g/mol. The summed E-state index contributed by atoms with van der Waals surface area (Å²) in [5, 5.41) is 14.7. The Hall–Kier alpha value is -3.64. The van der Waals surface area contributed by atoms with E-state index >= 15 is 0 Å². The van der Waals surface area contributed by atoms with Gasteiger partial charge in [-0.15, -0.1) is 10.2 Å². The van der Waals surface area contributed by atoms with Gasteiger partial charge in [-0.3, -0.25) is 0 Å². The van der Waals surface area contributed by atoms with Crippen molar-refractivity contribution in [2.24, 2.45) is 7.05 Å². The molecule has 0 aliphatic heterocycles. The fraction of sp³-hybridized carbons (Fsp3) is 0.115. The van der Waals surface area contributed by atoms with Crippen LogP contribution < -0.4 is 0 Å². The van der Waals surface area contributed by atoms with Crippen molar-refractivity contribution < 1.29 is 0 Å². The molecule has 0 atom stereocenters. The number of thioether (sulfide) groups is 1. The topological polar surface area (TPSA) is 48.5 Å². The minimum atomic E-state index is 0.758. The lowest BCUT2D eigenvalue weighted by Crippen LogP contribution is -2.00. The van der Waals surface area contributed by atoms with E-state index in [1.54, 1.807) is 11.8 Å². The van der Waals surface area contributed by atoms with Gasteiger partial charge >= 0.3 is 0 Å². The zero-order valence-electron chi connectivity index (χ0n) is 17.8. The molecular weight excluding hydrogens is 414 g/mol. The van der Waals surface area contributed by atoms with E-state index in [-0.39, 0.29) is 0 Å². The van der Waals surface area contributed by atoms with E-state index in [0.717, 1.165) is 45.7 Å². The second kappa shape index (κ2) is 9.24. The third-order valence-electron chi connectivity index (χ3n) is 5.34. The summed E-state index contributed by atoms with van der Waals surface area (Å²) in [4.78, 5) is 0. The highest BCUT2D eigenvalue weighted by atomic mass is 32.2. The van der Waals surface area contributed by atoms with E-state index in [2.05, 4.69) is 69.5 Å². The zero-order chi connectivity index (χ0) is 21.8. The van der Waals surface area contributed by atoms with Gasteiger partial charge in [-0.05, 0) is 17.7 Å². The molecular formula is C26H23N5S. The van der Waals surface area contributed by atoms with Crippen LogP contribution in [0.4, 0.5) is 0 Å². The predicted octanol–water partition coefficient (Wildman–Crippen LogP) is 5.55. The minimum Gasteiger partial charge on any atom is -0.309 e. The van der Waals surface area contributed by atoms with E-state index in [4.69, 9.17) is 5.10 Å². The number of para-hydroxylation sites is 1. The summed E-state index contributed by atoms with van der Waals surface area (Å²) in [5.41, 5.74) is 5.55. The fourth-order valence-corrected chi connectivity index (χ4v) is 4.51. The van der Waals surface area contributed by atoms with Crippen molar-refractivity contribution in [3.63, 3.8) is 0 Å². The number of hydrogen-bond donors (Lipinski definition) is 0. The zero-order valence-corrected chi connectivity index (χ0v) is 18.6. The summed E-state index contributed by atoms with van der Waals surface area (Å²) in [6, 6.07) is 30.9. The van der Waals surface area contributed by atoms with E-state index in [9.17, 15) is 0 Å². The van der Waals surface area contributed by atoms with Gasteiger partial charge < -0.3 is 4.57 Å². The highest BCUT2D eigenvalue weighted by Crippen LogP contribution is 2.29. The van der Waals surface area contributed by atoms with Gasteiger partial charge in [-0.1, -0.05) is 90.6 Å². The van der Waals surface area contributed by atoms with Crippen molar-refractivity contribution in [2.75, 3.05) is 0 Å². The summed E-state index contributed by atoms with van der Waals surface area (Å²) in [6.07, 6.45) is 2.89. The second-order valence-electron chi connectivity index (χ2n) is 7.56. The van der Waals surface area contributed by atoms with Crippen LogP contribution in [0.3, 0.4) is 0 Å². The van der Waals surface area contributed by atoms with Gasteiger partial charge in [0.1, 0.15) is 5.82 Å². The average Bonchev–Trinajstić information content (AvgIpc) is 3.43. The summed E-state index contributed by atoms with van der Waals surface area (Å²) in [6.45, 7) is 0. The van der Waals surface area contributed by atoms with Gasteiger partial charge in [-0.25, -0.2) is 4.68 Å². The smallest absolute Gasteiger partial charge is 0.191 e. The van der Waals surface area contributed by atoms with Crippen LogP contribution in [0.1, 0.15) is 17.0 Å². The lowest BCUT2D eigenvalue weighted by Gasteiger charge is -2.05. The van der Waals surface area contributed by atoms with Crippen LogP contribution in [0.15, 0.2) is 102 Å². The predicted molar refractivity (Wildman–Crippen MR) is 129 cm³/mol. The fourth-order valence-electron chi connectivity index (χ4n) is 3.61. The van der Waals surface area contributed by atoms with Crippen molar-refractivity contribution >= 4 is 11.8 Å². The molecule has 0 bridgehead atoms. The van der Waals surface area contributed by atoms with Crippen molar-refractivity contribution in [3.05, 3.63) is 114 Å². The minimum absolute atomic E-state index is 0.758. The lowest BCUT2D eigenvalue weighted by molar-refractivity contribution is 0.749. The van der Waals surface area contributed by atoms with Crippen LogP contribution in [0.5, 0.6) is 0 Å². The molecule has 5 nitrogen and oxygen atoms in total. The standard InChI is InChI=1S/C26H23N5S/c1-30-24(17-20-11-5-2-6-12-20)27-28-26(30)32-19-22-18-31(23-15-9-4-10-16-23)29-25(22)21-13-7-3-8-14-21/h2-16,18H,17,19H2,1H3. The van der Waals surface area contributed by atoms with E-state index in [1.807, 2.05) is 54.2 Å². The highest BCUT2D eigenvalue weighted by Gasteiger charge is 2.15. The highest BCUT2D eigenvalue weighted by molar-refractivity contribution is 7.98. The lowest BCUT2D eigenvalue weighted by atomic mass is 10.1. The Kier molecular flexibility index (Phi) is 5.85. The second-order valence-corrected chi connectivity index (χ2v) is 8.50. The Labute approximate surface area is 191 Å². The van der Waals surface area contributed by atoms with Crippen LogP contribution >= 0.6 is 11.8 Å². The molecule has 0 aliphatic rings. The van der Waals surface area contributed by atoms with Crippen molar-refractivity contribution in [1.82, 2.24) is 24.5 Å².